The number of H-pyrrole nitrogens is 1. The first-order valence-electron chi connectivity index (χ1n) is 8.55. The maximum absolute atomic E-state index is 12.7. The van der Waals surface area contributed by atoms with Gasteiger partial charge in [-0.25, -0.2) is 0 Å². The Balaban J connectivity index is 1.38. The van der Waals surface area contributed by atoms with Crippen molar-refractivity contribution in [1.82, 2.24) is 20.2 Å². The van der Waals surface area contributed by atoms with E-state index in [0.717, 1.165) is 42.8 Å². The van der Waals surface area contributed by atoms with Crippen molar-refractivity contribution in [1.29, 1.82) is 0 Å². The fourth-order valence-electron chi connectivity index (χ4n) is 2.95. The van der Waals surface area contributed by atoms with Crippen LogP contribution in [0.2, 0.25) is 0 Å². The molecule has 7 nitrogen and oxygen atoms in total. The third kappa shape index (κ3) is 2.82. The van der Waals surface area contributed by atoms with E-state index in [9.17, 15) is 4.79 Å². The second kappa shape index (κ2) is 5.54. The standard InChI is InChI=1S/C18H17N5O2/c24-17(13-9-14(10-1-2-10)25-15(13)11-3-4-11)21-18-20-16(22-23-18)12-5-7-19-8-6-12/h5-11H,1-4H2,(H2,20,21,22,23,24). The number of aromatic nitrogens is 4. The molecule has 0 radical (unpaired) electrons. The molecule has 2 aliphatic carbocycles. The molecule has 7 heteroatoms. The number of nitrogens with one attached hydrogen (secondary N) is 2. The van der Waals surface area contributed by atoms with Crippen LogP contribution in [-0.4, -0.2) is 26.1 Å². The molecule has 2 fully saturated rings. The van der Waals surface area contributed by atoms with Gasteiger partial charge in [0.05, 0.1) is 5.56 Å². The number of anilines is 1. The molecule has 2 aliphatic rings. The molecule has 25 heavy (non-hydrogen) atoms. The lowest BCUT2D eigenvalue weighted by Crippen LogP contribution is -2.13. The number of hydrogen-bond donors (Lipinski definition) is 2. The summed E-state index contributed by atoms with van der Waals surface area (Å²) in [6, 6.07) is 5.56. The van der Waals surface area contributed by atoms with Gasteiger partial charge in [-0.1, -0.05) is 0 Å². The lowest BCUT2D eigenvalue weighted by Gasteiger charge is -2.00. The Bertz CT molecular complexity index is 922. The Kier molecular flexibility index (Phi) is 3.19. The number of furan rings is 1. The molecule has 0 atom stereocenters. The van der Waals surface area contributed by atoms with E-state index in [-0.39, 0.29) is 11.9 Å². The van der Waals surface area contributed by atoms with Crippen LogP contribution in [0.3, 0.4) is 0 Å². The summed E-state index contributed by atoms with van der Waals surface area (Å²) in [5.41, 5.74) is 1.49. The predicted octanol–water partition coefficient (Wildman–Crippen LogP) is 3.47. The lowest BCUT2D eigenvalue weighted by molar-refractivity contribution is 0.102. The minimum atomic E-state index is -0.210. The Hall–Kier alpha value is -2.96. The number of amides is 1. The molecule has 3 aromatic heterocycles. The summed E-state index contributed by atoms with van der Waals surface area (Å²) >= 11 is 0. The predicted molar refractivity (Wildman–Crippen MR) is 90.2 cm³/mol. The number of carbonyl (C=O) groups excluding carboxylic acids is 1. The van der Waals surface area contributed by atoms with Crippen molar-refractivity contribution in [2.75, 3.05) is 5.32 Å². The van der Waals surface area contributed by atoms with E-state index in [2.05, 4.69) is 25.5 Å². The minimum absolute atomic E-state index is 0.210. The molecule has 0 bridgehead atoms. The third-order valence-corrected chi connectivity index (χ3v) is 4.62. The maximum atomic E-state index is 12.7. The van der Waals surface area contributed by atoms with Crippen LogP contribution in [0.4, 0.5) is 5.95 Å². The van der Waals surface area contributed by atoms with Crippen LogP contribution in [0.25, 0.3) is 11.4 Å². The number of nitrogens with zero attached hydrogens (tertiary/aromatic N) is 3. The van der Waals surface area contributed by atoms with E-state index in [0.29, 0.717) is 23.2 Å². The zero-order valence-corrected chi connectivity index (χ0v) is 13.5. The van der Waals surface area contributed by atoms with E-state index in [4.69, 9.17) is 4.42 Å². The number of carbonyl (C=O) groups is 1. The lowest BCUT2D eigenvalue weighted by atomic mass is 10.1. The van der Waals surface area contributed by atoms with E-state index in [1.807, 2.05) is 18.2 Å². The van der Waals surface area contributed by atoms with Crippen molar-refractivity contribution in [3.63, 3.8) is 0 Å². The minimum Gasteiger partial charge on any atom is -0.465 e. The van der Waals surface area contributed by atoms with Gasteiger partial charge in [-0.15, -0.1) is 5.10 Å². The zero-order chi connectivity index (χ0) is 16.8. The van der Waals surface area contributed by atoms with E-state index < -0.39 is 0 Å². The fraction of sp³-hybridized carbons (Fsp3) is 0.333. The average Bonchev–Trinajstić information content (AvgIpc) is 3.57. The van der Waals surface area contributed by atoms with E-state index >= 15 is 0 Å². The van der Waals surface area contributed by atoms with Gasteiger partial charge in [0.25, 0.3) is 5.91 Å². The van der Waals surface area contributed by atoms with Crippen molar-refractivity contribution in [2.24, 2.45) is 0 Å². The molecule has 3 aromatic rings. The maximum Gasteiger partial charge on any atom is 0.261 e. The zero-order valence-electron chi connectivity index (χ0n) is 13.5. The summed E-state index contributed by atoms with van der Waals surface area (Å²) in [5, 5.41) is 9.69. The number of aromatic amines is 1. The molecule has 0 aromatic carbocycles. The monoisotopic (exact) mass is 335 g/mol. The molecule has 0 aliphatic heterocycles. The molecule has 2 N–H and O–H groups in total. The van der Waals surface area contributed by atoms with Gasteiger partial charge in [0.2, 0.25) is 5.95 Å². The first-order valence-corrected chi connectivity index (χ1v) is 8.55. The topological polar surface area (TPSA) is 96.7 Å². The van der Waals surface area contributed by atoms with Crippen LogP contribution in [0.1, 0.15) is 59.4 Å². The molecule has 5 rings (SSSR count). The molecule has 2 saturated carbocycles. The SMILES string of the molecule is O=C(Nc1n[nH]c(-c2ccncc2)n1)c1cc(C2CC2)oc1C1CC1. The van der Waals surface area contributed by atoms with Gasteiger partial charge in [0.15, 0.2) is 5.82 Å². The molecule has 3 heterocycles. The fourth-order valence-corrected chi connectivity index (χ4v) is 2.95. The molecule has 0 spiro atoms. The smallest absolute Gasteiger partial charge is 0.261 e. The van der Waals surface area contributed by atoms with Gasteiger partial charge in [-0.05, 0) is 43.9 Å². The van der Waals surface area contributed by atoms with Gasteiger partial charge in [-0.2, -0.15) is 4.98 Å². The van der Waals surface area contributed by atoms with Crippen LogP contribution in [0, 0.1) is 0 Å². The Labute approximate surface area is 143 Å². The summed E-state index contributed by atoms with van der Waals surface area (Å²) in [4.78, 5) is 21.0. The summed E-state index contributed by atoms with van der Waals surface area (Å²) < 4.78 is 5.98. The van der Waals surface area contributed by atoms with Crippen molar-refractivity contribution < 1.29 is 9.21 Å². The van der Waals surface area contributed by atoms with Gasteiger partial charge < -0.3 is 4.42 Å². The van der Waals surface area contributed by atoms with Crippen LogP contribution in [-0.2, 0) is 0 Å². The van der Waals surface area contributed by atoms with Gasteiger partial charge >= 0.3 is 0 Å². The summed E-state index contributed by atoms with van der Waals surface area (Å²) in [6.45, 7) is 0. The van der Waals surface area contributed by atoms with Gasteiger partial charge in [0, 0.05) is 29.8 Å². The number of rotatable bonds is 5. The van der Waals surface area contributed by atoms with Crippen molar-refractivity contribution in [3.8, 4) is 11.4 Å². The van der Waals surface area contributed by atoms with Crippen LogP contribution >= 0.6 is 0 Å². The first-order chi connectivity index (χ1) is 12.3. The third-order valence-electron chi connectivity index (χ3n) is 4.62. The highest BCUT2D eigenvalue weighted by Gasteiger charge is 2.36. The molecule has 1 amide bonds. The summed E-state index contributed by atoms with van der Waals surface area (Å²) in [7, 11) is 0. The summed E-state index contributed by atoms with van der Waals surface area (Å²) in [5.74, 6) is 3.27. The number of pyridine rings is 1. The van der Waals surface area contributed by atoms with Crippen LogP contribution < -0.4 is 5.32 Å². The van der Waals surface area contributed by atoms with Gasteiger partial charge in [0.1, 0.15) is 11.5 Å². The number of hydrogen-bond acceptors (Lipinski definition) is 5. The Morgan fingerprint density at radius 3 is 2.64 bits per heavy atom. The van der Waals surface area contributed by atoms with Crippen molar-refractivity contribution in [3.05, 3.63) is 47.7 Å². The van der Waals surface area contributed by atoms with Gasteiger partial charge in [-0.3, -0.25) is 20.2 Å². The average molecular weight is 335 g/mol. The molecular formula is C18H17N5O2. The second-order valence-corrected chi connectivity index (χ2v) is 6.67. The molecule has 0 unspecified atom stereocenters. The van der Waals surface area contributed by atoms with E-state index in [1.165, 1.54) is 0 Å². The first kappa shape index (κ1) is 14.4. The largest absolute Gasteiger partial charge is 0.465 e. The molecular weight excluding hydrogens is 318 g/mol. The highest BCUT2D eigenvalue weighted by Crippen LogP contribution is 2.47. The highest BCUT2D eigenvalue weighted by atomic mass is 16.3. The molecule has 126 valence electrons. The van der Waals surface area contributed by atoms with Crippen molar-refractivity contribution in [2.45, 2.75) is 37.5 Å². The molecule has 0 saturated heterocycles. The second-order valence-electron chi connectivity index (χ2n) is 6.67. The Morgan fingerprint density at radius 1 is 1.16 bits per heavy atom. The quantitative estimate of drug-likeness (QED) is 0.744. The van der Waals surface area contributed by atoms with Crippen LogP contribution in [0.15, 0.2) is 35.0 Å². The van der Waals surface area contributed by atoms with E-state index in [1.54, 1.807) is 12.4 Å². The highest BCUT2D eigenvalue weighted by molar-refractivity contribution is 6.04. The van der Waals surface area contributed by atoms with Crippen LogP contribution in [0.5, 0.6) is 0 Å². The van der Waals surface area contributed by atoms with Crippen molar-refractivity contribution >= 4 is 11.9 Å². The summed E-state index contributed by atoms with van der Waals surface area (Å²) in [6.07, 6.45) is 7.84. The normalized spacial score (nSPS) is 16.8. The Morgan fingerprint density at radius 2 is 1.92 bits per heavy atom.